The highest BCUT2D eigenvalue weighted by atomic mass is 32.2. The van der Waals surface area contributed by atoms with Gasteiger partial charge in [0.2, 0.25) is 5.91 Å². The molecule has 150 valence electrons. The second-order valence-corrected chi connectivity index (χ2v) is 8.31. The monoisotopic (exact) mass is 435 g/mol. The number of anilines is 2. The van der Waals surface area contributed by atoms with Gasteiger partial charge in [-0.15, -0.1) is 0 Å². The van der Waals surface area contributed by atoms with Crippen molar-refractivity contribution >= 4 is 55.9 Å². The molecule has 0 radical (unpaired) electrons. The van der Waals surface area contributed by atoms with E-state index in [1.807, 2.05) is 43.3 Å². The third kappa shape index (κ3) is 5.00. The van der Waals surface area contributed by atoms with Crippen molar-refractivity contribution in [1.29, 1.82) is 0 Å². The molecule has 2 heterocycles. The molecule has 2 aromatic carbocycles. The number of nitrogens with zero attached hydrogens (tertiary/aromatic N) is 3. The van der Waals surface area contributed by atoms with Crippen molar-refractivity contribution in [3.8, 4) is 0 Å². The molecule has 0 aliphatic heterocycles. The van der Waals surface area contributed by atoms with Gasteiger partial charge >= 0.3 is 0 Å². The first-order valence-electron chi connectivity index (χ1n) is 9.06. The van der Waals surface area contributed by atoms with Crippen LogP contribution < -0.4 is 10.6 Å². The van der Waals surface area contributed by atoms with Crippen LogP contribution in [-0.2, 0) is 4.79 Å². The Labute approximate surface area is 181 Å². The first-order chi connectivity index (χ1) is 14.6. The van der Waals surface area contributed by atoms with Crippen LogP contribution in [0.5, 0.6) is 0 Å². The van der Waals surface area contributed by atoms with Gasteiger partial charge in [-0.3, -0.25) is 14.9 Å². The van der Waals surface area contributed by atoms with Crippen molar-refractivity contribution in [2.75, 3.05) is 16.4 Å². The Hall–Kier alpha value is -3.30. The Morgan fingerprint density at radius 2 is 1.87 bits per heavy atom. The van der Waals surface area contributed by atoms with Crippen molar-refractivity contribution in [2.45, 2.75) is 12.1 Å². The van der Waals surface area contributed by atoms with E-state index in [-0.39, 0.29) is 17.6 Å². The number of rotatable bonds is 6. The molecule has 2 N–H and O–H groups in total. The van der Waals surface area contributed by atoms with Crippen molar-refractivity contribution in [3.05, 3.63) is 72.1 Å². The molecule has 0 bridgehead atoms. The maximum Gasteiger partial charge on any atom is 0.257 e. The van der Waals surface area contributed by atoms with E-state index in [1.165, 1.54) is 23.1 Å². The molecule has 0 unspecified atom stereocenters. The van der Waals surface area contributed by atoms with Gasteiger partial charge in [0.1, 0.15) is 0 Å². The molecule has 0 aliphatic rings. The highest BCUT2D eigenvalue weighted by Crippen LogP contribution is 2.29. The summed E-state index contributed by atoms with van der Waals surface area (Å²) in [4.78, 5) is 37.4. The first kappa shape index (κ1) is 20.0. The van der Waals surface area contributed by atoms with Gasteiger partial charge in [-0.1, -0.05) is 41.3 Å². The van der Waals surface area contributed by atoms with E-state index in [9.17, 15) is 9.59 Å². The van der Waals surface area contributed by atoms with E-state index in [0.717, 1.165) is 15.9 Å². The fourth-order valence-electron chi connectivity index (χ4n) is 2.64. The zero-order valence-corrected chi connectivity index (χ0v) is 17.6. The van der Waals surface area contributed by atoms with Gasteiger partial charge < -0.3 is 5.32 Å². The van der Waals surface area contributed by atoms with Gasteiger partial charge in [0.15, 0.2) is 10.3 Å². The zero-order valence-electron chi connectivity index (χ0n) is 16.0. The van der Waals surface area contributed by atoms with Crippen LogP contribution in [0.25, 0.3) is 10.2 Å². The predicted octanol–water partition coefficient (Wildman–Crippen LogP) is 4.38. The number of amides is 2. The molecular weight excluding hydrogens is 418 g/mol. The average molecular weight is 436 g/mol. The summed E-state index contributed by atoms with van der Waals surface area (Å²) >= 11 is 2.64. The molecule has 0 saturated carbocycles. The second kappa shape index (κ2) is 9.02. The molecule has 0 aliphatic carbocycles. The summed E-state index contributed by atoms with van der Waals surface area (Å²) in [7, 11) is 0. The van der Waals surface area contributed by atoms with E-state index >= 15 is 0 Å². The first-order valence-corrected chi connectivity index (χ1v) is 10.9. The van der Waals surface area contributed by atoms with Crippen LogP contribution in [0.3, 0.4) is 0 Å². The van der Waals surface area contributed by atoms with Gasteiger partial charge in [-0.05, 0) is 43.3 Å². The van der Waals surface area contributed by atoms with E-state index in [2.05, 4.69) is 25.6 Å². The fourth-order valence-corrected chi connectivity index (χ4v) is 4.21. The molecular formula is C21H17N5O2S2. The van der Waals surface area contributed by atoms with Gasteiger partial charge in [-0.2, -0.15) is 0 Å². The van der Waals surface area contributed by atoms with Crippen molar-refractivity contribution in [3.63, 3.8) is 0 Å². The number of thiazole rings is 1. The van der Waals surface area contributed by atoms with Crippen LogP contribution in [0.2, 0.25) is 0 Å². The van der Waals surface area contributed by atoms with Gasteiger partial charge in [0.05, 0.1) is 16.0 Å². The number of benzene rings is 2. The summed E-state index contributed by atoms with van der Waals surface area (Å²) in [6.45, 7) is 1.88. The maximum absolute atomic E-state index is 12.3. The number of hydrogen-bond donors (Lipinski definition) is 2. The average Bonchev–Trinajstić information content (AvgIpc) is 3.14. The number of aromatic nitrogens is 3. The molecule has 4 aromatic rings. The summed E-state index contributed by atoms with van der Waals surface area (Å²) in [6.07, 6.45) is 1.68. The summed E-state index contributed by atoms with van der Waals surface area (Å²) < 4.78 is 0.867. The summed E-state index contributed by atoms with van der Waals surface area (Å²) in [5.41, 5.74) is 2.85. The van der Waals surface area contributed by atoms with Crippen LogP contribution in [-0.4, -0.2) is 32.5 Å². The maximum atomic E-state index is 12.3. The summed E-state index contributed by atoms with van der Waals surface area (Å²) in [5.74, 6) is -0.145. The predicted molar refractivity (Wildman–Crippen MR) is 120 cm³/mol. The Kier molecular flexibility index (Phi) is 6.01. The lowest BCUT2D eigenvalue weighted by molar-refractivity contribution is -0.113. The number of carbonyl (C=O) groups is 2. The lowest BCUT2D eigenvalue weighted by Crippen LogP contribution is -2.14. The van der Waals surface area contributed by atoms with E-state index in [4.69, 9.17) is 0 Å². The van der Waals surface area contributed by atoms with Crippen LogP contribution in [0.1, 0.15) is 16.1 Å². The van der Waals surface area contributed by atoms with E-state index in [0.29, 0.717) is 21.5 Å². The molecule has 2 amide bonds. The fraction of sp³-hybridized carbons (Fsp3) is 0.0952. The van der Waals surface area contributed by atoms with Gasteiger partial charge in [-0.25, -0.2) is 15.0 Å². The lowest BCUT2D eigenvalue weighted by Gasteiger charge is -2.04. The number of fused-ring (bicyclic) bond motifs is 1. The quantitative estimate of drug-likeness (QED) is 0.345. The van der Waals surface area contributed by atoms with Gasteiger partial charge in [0, 0.05) is 23.1 Å². The third-order valence-electron chi connectivity index (χ3n) is 4.03. The van der Waals surface area contributed by atoms with E-state index in [1.54, 1.807) is 24.4 Å². The molecule has 0 saturated heterocycles. The number of nitrogens with one attached hydrogen (secondary N) is 2. The third-order valence-corrected chi connectivity index (χ3v) is 5.83. The highest BCUT2D eigenvalue weighted by molar-refractivity contribution is 7.99. The number of hydrogen-bond acceptors (Lipinski definition) is 7. The molecule has 30 heavy (non-hydrogen) atoms. The largest absolute Gasteiger partial charge is 0.325 e. The van der Waals surface area contributed by atoms with Crippen molar-refractivity contribution in [2.24, 2.45) is 0 Å². The lowest BCUT2D eigenvalue weighted by atomic mass is 10.2. The topological polar surface area (TPSA) is 96.9 Å². The van der Waals surface area contributed by atoms with Crippen molar-refractivity contribution < 1.29 is 9.59 Å². The molecule has 7 nitrogen and oxygen atoms in total. The highest BCUT2D eigenvalue weighted by Gasteiger charge is 2.11. The standard InChI is InChI=1S/C21H17N5O2S2/c1-13-9-10-22-20(23-13)29-12-18(27)24-15-7-8-16-17(11-15)30-21(25-16)26-19(28)14-5-3-2-4-6-14/h2-11H,12H2,1H3,(H,24,27)(H,25,26,28). The van der Waals surface area contributed by atoms with Crippen LogP contribution >= 0.6 is 23.1 Å². The minimum absolute atomic E-state index is 0.147. The second-order valence-electron chi connectivity index (χ2n) is 6.34. The van der Waals surface area contributed by atoms with Crippen LogP contribution in [0, 0.1) is 6.92 Å². The molecule has 4 rings (SSSR count). The molecule has 0 fully saturated rings. The summed E-state index contributed by atoms with van der Waals surface area (Å²) in [5, 5.41) is 6.77. The zero-order chi connectivity index (χ0) is 20.9. The Morgan fingerprint density at radius 1 is 1.03 bits per heavy atom. The molecule has 9 heteroatoms. The number of carbonyl (C=O) groups excluding carboxylic acids is 2. The smallest absolute Gasteiger partial charge is 0.257 e. The Morgan fingerprint density at radius 3 is 2.67 bits per heavy atom. The normalized spacial score (nSPS) is 10.7. The molecule has 2 aromatic heterocycles. The SMILES string of the molecule is Cc1ccnc(SCC(=O)Nc2ccc3nc(NC(=O)c4ccccc4)sc3c2)n1. The van der Waals surface area contributed by atoms with Crippen LogP contribution in [0.4, 0.5) is 10.8 Å². The van der Waals surface area contributed by atoms with Crippen LogP contribution in [0.15, 0.2) is 66.0 Å². The number of aryl methyl sites for hydroxylation is 1. The van der Waals surface area contributed by atoms with Gasteiger partial charge in [0.25, 0.3) is 5.91 Å². The minimum atomic E-state index is -0.210. The van der Waals surface area contributed by atoms with E-state index < -0.39 is 0 Å². The Balaban J connectivity index is 1.39. The minimum Gasteiger partial charge on any atom is -0.325 e. The number of thioether (sulfide) groups is 1. The molecule has 0 atom stereocenters. The Bertz CT molecular complexity index is 1210. The summed E-state index contributed by atoms with van der Waals surface area (Å²) in [6, 6.07) is 16.2. The molecule has 0 spiro atoms. The van der Waals surface area contributed by atoms with Crippen molar-refractivity contribution in [1.82, 2.24) is 15.0 Å².